The third kappa shape index (κ3) is 2.23. The van der Waals surface area contributed by atoms with Crippen LogP contribution in [0, 0.1) is 5.41 Å². The number of allylic oxidation sites excluding steroid dienone is 1. The number of carbonyl (C=O) groups is 1. The van der Waals surface area contributed by atoms with Gasteiger partial charge in [0.1, 0.15) is 0 Å². The minimum atomic E-state index is -0.739. The van der Waals surface area contributed by atoms with Crippen molar-refractivity contribution >= 4 is 5.97 Å². The van der Waals surface area contributed by atoms with E-state index in [1.807, 2.05) is 13.0 Å². The van der Waals surface area contributed by atoms with Crippen molar-refractivity contribution < 1.29 is 14.6 Å². The maximum atomic E-state index is 11.7. The molecule has 1 saturated carbocycles. The van der Waals surface area contributed by atoms with Crippen molar-refractivity contribution in [1.82, 2.24) is 0 Å². The molecule has 0 radical (unpaired) electrons. The molecule has 2 atom stereocenters. The molecule has 0 aromatic carbocycles. The van der Waals surface area contributed by atoms with Gasteiger partial charge in [-0.2, -0.15) is 0 Å². The Kier molecular flexibility index (Phi) is 3.91. The number of rotatable bonds is 3. The summed E-state index contributed by atoms with van der Waals surface area (Å²) in [5.41, 5.74) is 0.241. The van der Waals surface area contributed by atoms with Gasteiger partial charge >= 0.3 is 5.97 Å². The fourth-order valence-electron chi connectivity index (χ4n) is 2.07. The van der Waals surface area contributed by atoms with Crippen molar-refractivity contribution in [2.24, 2.45) is 5.41 Å². The van der Waals surface area contributed by atoms with E-state index in [0.29, 0.717) is 13.0 Å². The minimum absolute atomic E-state index is 0.281. The highest BCUT2D eigenvalue weighted by atomic mass is 16.5. The lowest BCUT2D eigenvalue weighted by atomic mass is 9.86. The topological polar surface area (TPSA) is 46.5 Å². The molecule has 0 bridgehead atoms. The molecule has 1 rings (SSSR count). The van der Waals surface area contributed by atoms with Gasteiger partial charge in [-0.1, -0.05) is 13.0 Å². The molecular weight excluding hydrogens is 192 g/mol. The molecule has 15 heavy (non-hydrogen) atoms. The normalized spacial score (nSPS) is 33.3. The van der Waals surface area contributed by atoms with Gasteiger partial charge in [0.15, 0.2) is 0 Å². The van der Waals surface area contributed by atoms with Gasteiger partial charge in [0.05, 0.1) is 18.1 Å². The summed E-state index contributed by atoms with van der Waals surface area (Å²) in [7, 11) is 0. The highest BCUT2D eigenvalue weighted by Gasteiger charge is 2.47. The van der Waals surface area contributed by atoms with Gasteiger partial charge in [-0.25, -0.2) is 0 Å². The summed E-state index contributed by atoms with van der Waals surface area (Å²) in [5.74, 6) is -0.281. The molecular formula is C12H20O3. The molecule has 0 spiro atoms. The van der Waals surface area contributed by atoms with Crippen molar-refractivity contribution in [2.45, 2.75) is 46.1 Å². The molecule has 2 unspecified atom stereocenters. The Morgan fingerprint density at radius 3 is 2.87 bits per heavy atom. The zero-order valence-corrected chi connectivity index (χ0v) is 9.75. The first kappa shape index (κ1) is 12.2. The highest BCUT2D eigenvalue weighted by Crippen LogP contribution is 2.42. The van der Waals surface area contributed by atoms with E-state index in [2.05, 4.69) is 0 Å². The number of esters is 1. The first-order valence-electron chi connectivity index (χ1n) is 5.60. The van der Waals surface area contributed by atoms with E-state index in [9.17, 15) is 9.90 Å². The third-order valence-electron chi connectivity index (χ3n) is 3.10. The Labute approximate surface area is 91.1 Å². The SMILES string of the molecule is CC/C=C1\CCC(C)(C(=O)OCC)C1O. The van der Waals surface area contributed by atoms with Crippen LogP contribution in [0.25, 0.3) is 0 Å². The Balaban J connectivity index is 2.80. The molecule has 3 heteroatoms. The third-order valence-corrected chi connectivity index (χ3v) is 3.10. The standard InChI is InChI=1S/C12H20O3/c1-4-6-9-7-8-12(3,10(9)13)11(14)15-5-2/h6,10,13H,4-5,7-8H2,1-3H3/b9-6+. The highest BCUT2D eigenvalue weighted by molar-refractivity contribution is 5.78. The lowest BCUT2D eigenvalue weighted by Gasteiger charge is -2.25. The molecule has 86 valence electrons. The lowest BCUT2D eigenvalue weighted by molar-refractivity contribution is -0.158. The van der Waals surface area contributed by atoms with E-state index in [1.165, 1.54) is 0 Å². The summed E-state index contributed by atoms with van der Waals surface area (Å²) in [4.78, 5) is 11.7. The number of aliphatic hydroxyl groups excluding tert-OH is 1. The second-order valence-corrected chi connectivity index (χ2v) is 4.23. The van der Waals surface area contributed by atoms with Gasteiger partial charge in [-0.05, 0) is 38.7 Å². The molecule has 0 aliphatic heterocycles. The Bertz CT molecular complexity index is 270. The summed E-state index contributed by atoms with van der Waals surface area (Å²) in [6.07, 6.45) is 3.71. The zero-order chi connectivity index (χ0) is 11.5. The van der Waals surface area contributed by atoms with Crippen molar-refractivity contribution in [3.63, 3.8) is 0 Å². The summed E-state index contributed by atoms with van der Waals surface area (Å²) >= 11 is 0. The first-order chi connectivity index (χ1) is 7.06. The fourth-order valence-corrected chi connectivity index (χ4v) is 2.07. The van der Waals surface area contributed by atoms with E-state index >= 15 is 0 Å². The van der Waals surface area contributed by atoms with Gasteiger partial charge in [-0.15, -0.1) is 0 Å². The molecule has 0 aromatic rings. The van der Waals surface area contributed by atoms with E-state index < -0.39 is 11.5 Å². The van der Waals surface area contributed by atoms with Crippen LogP contribution in [-0.4, -0.2) is 23.8 Å². The molecule has 1 aliphatic carbocycles. The van der Waals surface area contributed by atoms with Crippen LogP contribution < -0.4 is 0 Å². The smallest absolute Gasteiger partial charge is 0.314 e. The van der Waals surface area contributed by atoms with E-state index in [1.54, 1.807) is 13.8 Å². The zero-order valence-electron chi connectivity index (χ0n) is 9.75. The maximum absolute atomic E-state index is 11.7. The van der Waals surface area contributed by atoms with Crippen LogP contribution in [0.3, 0.4) is 0 Å². The van der Waals surface area contributed by atoms with Crippen LogP contribution in [0.15, 0.2) is 11.6 Å². The number of aliphatic hydroxyl groups is 1. The monoisotopic (exact) mass is 212 g/mol. The minimum Gasteiger partial charge on any atom is -0.465 e. The van der Waals surface area contributed by atoms with Gasteiger partial charge < -0.3 is 9.84 Å². The Hall–Kier alpha value is -0.830. The van der Waals surface area contributed by atoms with Crippen LogP contribution >= 0.6 is 0 Å². The summed E-state index contributed by atoms with van der Waals surface area (Å²) in [6.45, 7) is 5.96. The van der Waals surface area contributed by atoms with E-state index in [0.717, 1.165) is 18.4 Å². The van der Waals surface area contributed by atoms with Crippen molar-refractivity contribution in [3.8, 4) is 0 Å². The predicted molar refractivity (Wildman–Crippen MR) is 58.4 cm³/mol. The van der Waals surface area contributed by atoms with Crippen LogP contribution in [0.5, 0.6) is 0 Å². The average Bonchev–Trinajstić information content (AvgIpc) is 2.49. The second kappa shape index (κ2) is 4.79. The maximum Gasteiger partial charge on any atom is 0.314 e. The molecule has 0 aromatic heterocycles. The number of ether oxygens (including phenoxy) is 1. The number of carbonyl (C=O) groups excluding carboxylic acids is 1. The lowest BCUT2D eigenvalue weighted by Crippen LogP contribution is -2.37. The molecule has 1 N–H and O–H groups in total. The van der Waals surface area contributed by atoms with Gasteiger partial charge in [-0.3, -0.25) is 4.79 Å². The fraction of sp³-hybridized carbons (Fsp3) is 0.750. The second-order valence-electron chi connectivity index (χ2n) is 4.23. The quantitative estimate of drug-likeness (QED) is 0.575. The van der Waals surface area contributed by atoms with Crippen LogP contribution in [0.2, 0.25) is 0 Å². The first-order valence-corrected chi connectivity index (χ1v) is 5.60. The molecule has 1 aliphatic rings. The van der Waals surface area contributed by atoms with Crippen LogP contribution in [0.1, 0.15) is 40.0 Å². The Morgan fingerprint density at radius 2 is 2.33 bits per heavy atom. The molecule has 0 saturated heterocycles. The largest absolute Gasteiger partial charge is 0.465 e. The van der Waals surface area contributed by atoms with Gasteiger partial charge in [0, 0.05) is 0 Å². The van der Waals surface area contributed by atoms with E-state index in [4.69, 9.17) is 4.74 Å². The van der Waals surface area contributed by atoms with Gasteiger partial charge in [0.2, 0.25) is 0 Å². The molecule has 0 amide bonds. The summed E-state index contributed by atoms with van der Waals surface area (Å²) in [5, 5.41) is 10.1. The van der Waals surface area contributed by atoms with Crippen LogP contribution in [-0.2, 0) is 9.53 Å². The molecule has 0 heterocycles. The van der Waals surface area contributed by atoms with E-state index in [-0.39, 0.29) is 5.97 Å². The predicted octanol–water partition coefficient (Wildman–Crippen LogP) is 2.05. The number of hydrogen-bond donors (Lipinski definition) is 1. The Morgan fingerprint density at radius 1 is 1.67 bits per heavy atom. The van der Waals surface area contributed by atoms with Crippen LogP contribution in [0.4, 0.5) is 0 Å². The average molecular weight is 212 g/mol. The summed E-state index contributed by atoms with van der Waals surface area (Å²) in [6, 6.07) is 0. The summed E-state index contributed by atoms with van der Waals surface area (Å²) < 4.78 is 5.00. The van der Waals surface area contributed by atoms with Gasteiger partial charge in [0.25, 0.3) is 0 Å². The van der Waals surface area contributed by atoms with Crippen molar-refractivity contribution in [1.29, 1.82) is 0 Å². The van der Waals surface area contributed by atoms with Crippen molar-refractivity contribution in [2.75, 3.05) is 6.61 Å². The molecule has 1 fully saturated rings. The van der Waals surface area contributed by atoms with Crippen molar-refractivity contribution in [3.05, 3.63) is 11.6 Å². The molecule has 3 nitrogen and oxygen atoms in total. The number of hydrogen-bond acceptors (Lipinski definition) is 3.